The van der Waals surface area contributed by atoms with E-state index in [2.05, 4.69) is 49.9 Å². The van der Waals surface area contributed by atoms with E-state index in [1.54, 1.807) is 6.20 Å². The van der Waals surface area contributed by atoms with Crippen LogP contribution in [0.3, 0.4) is 0 Å². The van der Waals surface area contributed by atoms with Crippen LogP contribution in [0.4, 0.5) is 11.6 Å². The zero-order valence-electron chi connectivity index (χ0n) is 20.4. The van der Waals surface area contributed by atoms with Crippen LogP contribution in [-0.2, 0) is 29.1 Å². The number of hydroxylamine groups is 1. The number of aromatic nitrogens is 3. The Morgan fingerprint density at radius 3 is 2.38 bits per heavy atom. The fourth-order valence-corrected chi connectivity index (χ4v) is 4.18. The second-order valence-corrected chi connectivity index (χ2v) is 8.62. The molecule has 3 heterocycles. The molecule has 4 aromatic rings. The highest BCUT2D eigenvalue weighted by Gasteiger charge is 2.17. The molecule has 5 rings (SSSR count). The first-order chi connectivity index (χ1) is 18.2. The third-order valence-electron chi connectivity index (χ3n) is 6.07. The van der Waals surface area contributed by atoms with Crippen molar-refractivity contribution in [2.75, 3.05) is 23.3 Å². The standard InChI is InChI=1S/C29H28N6O2/c36-28(34-37-21-22-8-2-1-3-9-22)13-17-31-26-20-27(33-29(32-26)25-12-6-7-16-30-25)35-18-14-23-10-4-5-11-24(23)15-19-35/h1-13,16-17,20H,14-15,18-19,21H2,(H,34,36)(H,31,32,33). The molecule has 0 saturated heterocycles. The van der Waals surface area contributed by atoms with Crippen molar-refractivity contribution in [3.63, 3.8) is 0 Å². The summed E-state index contributed by atoms with van der Waals surface area (Å²) >= 11 is 0. The Labute approximate surface area is 216 Å². The lowest BCUT2D eigenvalue weighted by atomic mass is 10.0. The molecule has 0 fully saturated rings. The molecule has 0 radical (unpaired) electrons. The van der Waals surface area contributed by atoms with Gasteiger partial charge in [-0.25, -0.2) is 15.4 Å². The Hall–Kier alpha value is -4.56. The maximum absolute atomic E-state index is 12.2. The summed E-state index contributed by atoms with van der Waals surface area (Å²) < 4.78 is 0. The summed E-state index contributed by atoms with van der Waals surface area (Å²) in [5.41, 5.74) is 6.83. The van der Waals surface area contributed by atoms with Crippen molar-refractivity contribution in [3.05, 3.63) is 114 Å². The minimum absolute atomic E-state index is 0.288. The Bertz CT molecular complexity index is 1330. The van der Waals surface area contributed by atoms with E-state index in [-0.39, 0.29) is 12.5 Å². The van der Waals surface area contributed by atoms with Crippen molar-refractivity contribution in [3.8, 4) is 11.5 Å². The molecule has 2 aromatic heterocycles. The number of nitrogens with one attached hydrogen (secondary N) is 2. The quantitative estimate of drug-likeness (QED) is 0.280. The zero-order valence-corrected chi connectivity index (χ0v) is 20.4. The van der Waals surface area contributed by atoms with Gasteiger partial charge in [0.05, 0.1) is 6.61 Å². The highest BCUT2D eigenvalue weighted by atomic mass is 16.6. The topological polar surface area (TPSA) is 92.3 Å². The van der Waals surface area contributed by atoms with Crippen molar-refractivity contribution in [1.29, 1.82) is 0 Å². The molecular weight excluding hydrogens is 464 g/mol. The lowest BCUT2D eigenvalue weighted by Gasteiger charge is -2.22. The second-order valence-electron chi connectivity index (χ2n) is 8.62. The van der Waals surface area contributed by atoms with E-state index in [4.69, 9.17) is 9.82 Å². The lowest BCUT2D eigenvalue weighted by Crippen LogP contribution is -2.27. The third-order valence-corrected chi connectivity index (χ3v) is 6.07. The summed E-state index contributed by atoms with van der Waals surface area (Å²) in [6.07, 6.45) is 6.51. The Balaban J connectivity index is 1.28. The minimum atomic E-state index is -0.382. The number of fused-ring (bicyclic) bond motifs is 1. The number of amides is 1. The van der Waals surface area contributed by atoms with E-state index in [1.807, 2.05) is 54.6 Å². The Morgan fingerprint density at radius 2 is 1.65 bits per heavy atom. The number of benzene rings is 2. The molecule has 1 aliphatic rings. The summed E-state index contributed by atoms with van der Waals surface area (Å²) in [4.78, 5) is 33.6. The predicted molar refractivity (Wildman–Crippen MR) is 143 cm³/mol. The van der Waals surface area contributed by atoms with Crippen molar-refractivity contribution >= 4 is 17.5 Å². The van der Waals surface area contributed by atoms with Crippen LogP contribution in [0.25, 0.3) is 11.5 Å². The first-order valence-corrected chi connectivity index (χ1v) is 12.3. The molecule has 0 atom stereocenters. The minimum Gasteiger partial charge on any atom is -0.356 e. The summed E-state index contributed by atoms with van der Waals surface area (Å²) in [6, 6.07) is 25.8. The van der Waals surface area contributed by atoms with Crippen molar-refractivity contribution in [1.82, 2.24) is 20.4 Å². The Morgan fingerprint density at radius 1 is 0.919 bits per heavy atom. The molecule has 2 N–H and O–H groups in total. The first-order valence-electron chi connectivity index (χ1n) is 12.3. The summed E-state index contributed by atoms with van der Waals surface area (Å²) in [6.45, 7) is 1.99. The predicted octanol–water partition coefficient (Wildman–Crippen LogP) is 4.32. The van der Waals surface area contributed by atoms with Crippen LogP contribution in [-0.4, -0.2) is 33.9 Å². The fraction of sp³-hybridized carbons (Fsp3) is 0.172. The van der Waals surface area contributed by atoms with Crippen LogP contribution in [0.5, 0.6) is 0 Å². The van der Waals surface area contributed by atoms with Crippen LogP contribution in [0, 0.1) is 0 Å². The van der Waals surface area contributed by atoms with Gasteiger partial charge in [0.1, 0.15) is 17.3 Å². The van der Waals surface area contributed by atoms with Gasteiger partial charge in [-0.2, -0.15) is 0 Å². The van der Waals surface area contributed by atoms with E-state index >= 15 is 0 Å². The van der Waals surface area contributed by atoms with Gasteiger partial charge in [-0.3, -0.25) is 14.6 Å². The molecule has 0 spiro atoms. The van der Waals surface area contributed by atoms with E-state index in [9.17, 15) is 4.79 Å². The van der Waals surface area contributed by atoms with Crippen molar-refractivity contribution in [2.24, 2.45) is 0 Å². The SMILES string of the molecule is O=C(C=CNc1cc(N2CCc3ccccc3CC2)nc(-c2ccccn2)n1)NOCc1ccccc1. The summed E-state index contributed by atoms with van der Waals surface area (Å²) in [5.74, 6) is 1.52. The number of carbonyl (C=O) groups excluding carboxylic acids is 1. The molecule has 2 aromatic carbocycles. The van der Waals surface area contributed by atoms with Crippen molar-refractivity contribution < 1.29 is 9.63 Å². The fourth-order valence-electron chi connectivity index (χ4n) is 4.18. The number of nitrogens with zero attached hydrogens (tertiary/aromatic N) is 4. The number of hydrogen-bond acceptors (Lipinski definition) is 7. The van der Waals surface area contributed by atoms with E-state index < -0.39 is 0 Å². The zero-order chi connectivity index (χ0) is 25.3. The second kappa shape index (κ2) is 11.9. The molecule has 186 valence electrons. The van der Waals surface area contributed by atoms with Crippen LogP contribution in [0.15, 0.2) is 97.3 Å². The molecule has 0 aliphatic carbocycles. The van der Waals surface area contributed by atoms with Gasteiger partial charge in [0.15, 0.2) is 5.82 Å². The van der Waals surface area contributed by atoms with Gasteiger partial charge in [-0.15, -0.1) is 0 Å². The molecule has 8 heteroatoms. The van der Waals surface area contributed by atoms with Crippen molar-refractivity contribution in [2.45, 2.75) is 19.4 Å². The molecule has 0 saturated carbocycles. The van der Waals surface area contributed by atoms with Gasteiger partial charge in [0, 0.05) is 37.6 Å². The Kier molecular flexibility index (Phi) is 7.78. The first kappa shape index (κ1) is 24.1. The number of pyridine rings is 1. The average molecular weight is 493 g/mol. The average Bonchev–Trinajstić information content (AvgIpc) is 3.17. The number of hydrogen-bond donors (Lipinski definition) is 2. The van der Waals surface area contributed by atoms with Gasteiger partial charge in [0.25, 0.3) is 5.91 Å². The third kappa shape index (κ3) is 6.56. The monoisotopic (exact) mass is 492 g/mol. The van der Waals surface area contributed by atoms with E-state index in [0.717, 1.165) is 37.3 Å². The van der Waals surface area contributed by atoms with Gasteiger partial charge in [-0.05, 0) is 41.7 Å². The molecule has 37 heavy (non-hydrogen) atoms. The highest BCUT2D eigenvalue weighted by molar-refractivity contribution is 5.86. The van der Waals surface area contributed by atoms with Crippen LogP contribution < -0.4 is 15.7 Å². The highest BCUT2D eigenvalue weighted by Crippen LogP contribution is 2.24. The normalized spacial score (nSPS) is 13.1. The summed E-state index contributed by atoms with van der Waals surface area (Å²) in [7, 11) is 0. The lowest BCUT2D eigenvalue weighted by molar-refractivity contribution is -0.129. The number of anilines is 2. The number of carbonyl (C=O) groups is 1. The van der Waals surface area contributed by atoms with E-state index in [0.29, 0.717) is 17.3 Å². The van der Waals surface area contributed by atoms with E-state index in [1.165, 1.54) is 23.4 Å². The maximum Gasteiger partial charge on any atom is 0.269 e. The van der Waals surface area contributed by atoms with Gasteiger partial charge >= 0.3 is 0 Å². The van der Waals surface area contributed by atoms with Crippen LogP contribution in [0.2, 0.25) is 0 Å². The number of rotatable bonds is 8. The molecule has 1 aliphatic heterocycles. The molecule has 0 bridgehead atoms. The molecule has 1 amide bonds. The maximum atomic E-state index is 12.2. The smallest absolute Gasteiger partial charge is 0.269 e. The van der Waals surface area contributed by atoms with Gasteiger partial charge in [0.2, 0.25) is 0 Å². The van der Waals surface area contributed by atoms with Gasteiger partial charge in [-0.1, -0.05) is 60.7 Å². The largest absolute Gasteiger partial charge is 0.356 e. The summed E-state index contributed by atoms with van der Waals surface area (Å²) in [5, 5.41) is 3.10. The van der Waals surface area contributed by atoms with Crippen LogP contribution >= 0.6 is 0 Å². The molecule has 0 unspecified atom stereocenters. The molecule has 8 nitrogen and oxygen atoms in total. The van der Waals surface area contributed by atoms with Crippen LogP contribution in [0.1, 0.15) is 16.7 Å². The molecular formula is C29H28N6O2. The van der Waals surface area contributed by atoms with Gasteiger partial charge < -0.3 is 10.2 Å².